The largest absolute Gasteiger partial charge is 0.305 e. The van der Waals surface area contributed by atoms with Crippen LogP contribution in [0.15, 0.2) is 30.6 Å². The Morgan fingerprint density at radius 1 is 1.17 bits per heavy atom. The van der Waals surface area contributed by atoms with E-state index < -0.39 is 0 Å². The van der Waals surface area contributed by atoms with Crippen molar-refractivity contribution in [3.63, 3.8) is 0 Å². The summed E-state index contributed by atoms with van der Waals surface area (Å²) in [5.74, 6) is 0.802. The van der Waals surface area contributed by atoms with Gasteiger partial charge in [0.25, 0.3) is 0 Å². The van der Waals surface area contributed by atoms with E-state index in [0.29, 0.717) is 6.54 Å². The molecule has 3 aromatic rings. The average Bonchev–Trinajstić information content (AvgIpc) is 3.14. The van der Waals surface area contributed by atoms with Crippen LogP contribution < -0.4 is 5.32 Å². The first-order chi connectivity index (χ1) is 11.5. The highest BCUT2D eigenvalue weighted by molar-refractivity contribution is 5.46. The van der Waals surface area contributed by atoms with Gasteiger partial charge in [0.15, 0.2) is 5.82 Å². The lowest BCUT2D eigenvalue weighted by atomic mass is 10.1. The molecule has 0 aliphatic rings. The van der Waals surface area contributed by atoms with Gasteiger partial charge in [-0.2, -0.15) is 9.78 Å². The van der Waals surface area contributed by atoms with Gasteiger partial charge in [-0.3, -0.25) is 4.68 Å². The molecule has 0 radical (unpaired) electrons. The van der Waals surface area contributed by atoms with Crippen LogP contribution >= 0.6 is 0 Å². The molecule has 0 amide bonds. The maximum Gasteiger partial charge on any atom is 0.170 e. The van der Waals surface area contributed by atoms with Gasteiger partial charge in [0.05, 0.1) is 25.0 Å². The van der Waals surface area contributed by atoms with Crippen LogP contribution in [-0.2, 0) is 13.1 Å². The van der Waals surface area contributed by atoms with Crippen LogP contribution in [0, 0.1) is 20.8 Å². The average molecular weight is 325 g/mol. The van der Waals surface area contributed by atoms with Gasteiger partial charge in [0.1, 0.15) is 0 Å². The lowest BCUT2D eigenvalue weighted by molar-refractivity contribution is 0.443. The molecular formula is C17H23N7. The number of rotatable bonds is 6. The van der Waals surface area contributed by atoms with Crippen molar-refractivity contribution in [1.29, 1.82) is 0 Å². The Bertz CT molecular complexity index is 798. The lowest BCUT2D eigenvalue weighted by Gasteiger charge is -2.15. The molecule has 7 nitrogen and oxygen atoms in total. The normalized spacial score (nSPS) is 12.5. The first-order valence-electron chi connectivity index (χ1n) is 8.11. The summed E-state index contributed by atoms with van der Waals surface area (Å²) in [6.07, 6.45) is 3.91. The zero-order chi connectivity index (χ0) is 17.1. The number of benzene rings is 1. The summed E-state index contributed by atoms with van der Waals surface area (Å²) < 4.78 is 3.77. The van der Waals surface area contributed by atoms with Crippen LogP contribution in [0.5, 0.6) is 0 Å². The fraction of sp³-hybridized carbons (Fsp3) is 0.412. The Labute approximate surface area is 141 Å². The molecule has 0 saturated heterocycles. The summed E-state index contributed by atoms with van der Waals surface area (Å²) in [7, 11) is 0. The molecule has 7 heteroatoms. The second kappa shape index (κ2) is 6.92. The van der Waals surface area contributed by atoms with Crippen molar-refractivity contribution >= 4 is 0 Å². The molecule has 0 fully saturated rings. The molecule has 2 aromatic heterocycles. The predicted molar refractivity (Wildman–Crippen MR) is 91.9 cm³/mol. The summed E-state index contributed by atoms with van der Waals surface area (Å²) >= 11 is 0. The molecule has 1 atom stereocenters. The monoisotopic (exact) mass is 325 g/mol. The highest BCUT2D eigenvalue weighted by Crippen LogP contribution is 2.18. The quantitative estimate of drug-likeness (QED) is 0.750. The predicted octanol–water partition coefficient (Wildman–Crippen LogP) is 1.96. The van der Waals surface area contributed by atoms with E-state index in [1.54, 1.807) is 0 Å². The molecule has 1 aromatic carbocycles. The lowest BCUT2D eigenvalue weighted by Crippen LogP contribution is -2.31. The maximum absolute atomic E-state index is 4.32. The number of aromatic nitrogens is 6. The molecule has 1 unspecified atom stereocenters. The van der Waals surface area contributed by atoms with E-state index in [1.807, 2.05) is 34.7 Å². The van der Waals surface area contributed by atoms with Gasteiger partial charge >= 0.3 is 0 Å². The van der Waals surface area contributed by atoms with E-state index in [2.05, 4.69) is 58.8 Å². The summed E-state index contributed by atoms with van der Waals surface area (Å²) in [6.45, 7) is 9.72. The minimum Gasteiger partial charge on any atom is -0.305 e. The van der Waals surface area contributed by atoms with Crippen molar-refractivity contribution in [3.8, 4) is 5.69 Å². The van der Waals surface area contributed by atoms with Crippen LogP contribution in [0.25, 0.3) is 5.69 Å². The third-order valence-electron chi connectivity index (χ3n) is 4.02. The number of hydrogen-bond acceptors (Lipinski definition) is 5. The summed E-state index contributed by atoms with van der Waals surface area (Å²) in [4.78, 5) is 0. The first kappa shape index (κ1) is 16.3. The SMILES string of the molecule is Cc1cnn(CC(C)NCc2nnnn2-c2c(C)cccc2C)c1. The summed E-state index contributed by atoms with van der Waals surface area (Å²) in [6, 6.07) is 6.45. The van der Waals surface area contributed by atoms with Crippen LogP contribution in [0.2, 0.25) is 0 Å². The van der Waals surface area contributed by atoms with Gasteiger partial charge < -0.3 is 5.32 Å². The van der Waals surface area contributed by atoms with Crippen molar-refractivity contribution in [2.45, 2.75) is 46.8 Å². The van der Waals surface area contributed by atoms with Gasteiger partial charge in [0.2, 0.25) is 0 Å². The Morgan fingerprint density at radius 3 is 2.58 bits per heavy atom. The minimum absolute atomic E-state index is 0.257. The van der Waals surface area contributed by atoms with Crippen LogP contribution in [0.3, 0.4) is 0 Å². The molecule has 2 heterocycles. The Morgan fingerprint density at radius 2 is 1.92 bits per heavy atom. The molecule has 0 saturated carbocycles. The fourth-order valence-corrected chi connectivity index (χ4v) is 2.81. The fourth-order valence-electron chi connectivity index (χ4n) is 2.81. The molecule has 0 aliphatic heterocycles. The van der Waals surface area contributed by atoms with E-state index in [0.717, 1.165) is 29.2 Å². The van der Waals surface area contributed by atoms with Gasteiger partial charge in [0, 0.05) is 12.2 Å². The van der Waals surface area contributed by atoms with Crippen molar-refractivity contribution in [3.05, 3.63) is 53.1 Å². The number of tetrazole rings is 1. The zero-order valence-electron chi connectivity index (χ0n) is 14.6. The van der Waals surface area contributed by atoms with Gasteiger partial charge in [-0.25, -0.2) is 0 Å². The highest BCUT2D eigenvalue weighted by atomic mass is 15.5. The molecule has 0 spiro atoms. The second-order valence-corrected chi connectivity index (χ2v) is 6.27. The zero-order valence-corrected chi connectivity index (χ0v) is 14.6. The van der Waals surface area contributed by atoms with Crippen LogP contribution in [0.4, 0.5) is 0 Å². The number of nitrogens with zero attached hydrogens (tertiary/aromatic N) is 6. The van der Waals surface area contributed by atoms with E-state index >= 15 is 0 Å². The smallest absolute Gasteiger partial charge is 0.170 e. The van der Waals surface area contributed by atoms with Crippen molar-refractivity contribution in [2.75, 3.05) is 0 Å². The second-order valence-electron chi connectivity index (χ2n) is 6.27. The molecule has 1 N–H and O–H groups in total. The van der Waals surface area contributed by atoms with Gasteiger partial charge in [-0.1, -0.05) is 18.2 Å². The molecule has 24 heavy (non-hydrogen) atoms. The minimum atomic E-state index is 0.257. The van der Waals surface area contributed by atoms with Crippen molar-refractivity contribution < 1.29 is 0 Å². The molecule has 126 valence electrons. The van der Waals surface area contributed by atoms with Crippen LogP contribution in [-0.4, -0.2) is 36.0 Å². The molecule has 0 aliphatic carbocycles. The first-order valence-corrected chi connectivity index (χ1v) is 8.11. The Balaban J connectivity index is 1.70. The number of nitrogens with one attached hydrogen (secondary N) is 1. The number of hydrogen-bond donors (Lipinski definition) is 1. The standard InChI is InChI=1S/C17H23N7/c1-12-8-19-23(10-12)11-15(4)18-9-16-20-21-22-24(16)17-13(2)6-5-7-14(17)3/h5-8,10,15,18H,9,11H2,1-4H3. The van der Waals surface area contributed by atoms with E-state index in [4.69, 9.17) is 0 Å². The Kier molecular flexibility index (Phi) is 4.71. The number of aryl methyl sites for hydroxylation is 3. The molecule has 0 bridgehead atoms. The molecular weight excluding hydrogens is 302 g/mol. The highest BCUT2D eigenvalue weighted by Gasteiger charge is 2.13. The summed E-state index contributed by atoms with van der Waals surface area (Å²) in [5.41, 5.74) is 4.53. The van der Waals surface area contributed by atoms with Gasteiger partial charge in [-0.05, 0) is 54.8 Å². The topological polar surface area (TPSA) is 73.5 Å². The van der Waals surface area contributed by atoms with E-state index in [9.17, 15) is 0 Å². The van der Waals surface area contributed by atoms with E-state index in [1.165, 1.54) is 5.56 Å². The third kappa shape index (κ3) is 3.51. The van der Waals surface area contributed by atoms with Crippen molar-refractivity contribution in [2.24, 2.45) is 0 Å². The number of para-hydroxylation sites is 1. The van der Waals surface area contributed by atoms with E-state index in [-0.39, 0.29) is 6.04 Å². The van der Waals surface area contributed by atoms with Crippen LogP contribution in [0.1, 0.15) is 29.4 Å². The third-order valence-corrected chi connectivity index (χ3v) is 4.02. The van der Waals surface area contributed by atoms with Gasteiger partial charge in [-0.15, -0.1) is 5.10 Å². The maximum atomic E-state index is 4.32. The summed E-state index contributed by atoms with van der Waals surface area (Å²) in [5, 5.41) is 20.0. The molecule has 3 rings (SSSR count). The van der Waals surface area contributed by atoms with Crippen molar-refractivity contribution in [1.82, 2.24) is 35.3 Å². The Hall–Kier alpha value is -2.54.